The smallest absolute Gasteiger partial charge is 0.287 e. The summed E-state index contributed by atoms with van der Waals surface area (Å²) in [6, 6.07) is 11.2. The Morgan fingerprint density at radius 3 is 2.23 bits per heavy atom. The van der Waals surface area contributed by atoms with Crippen LogP contribution in [0.25, 0.3) is 0 Å². The van der Waals surface area contributed by atoms with Crippen LogP contribution < -0.4 is 14.5 Å². The number of methoxy groups -OCH3 is 1. The second-order valence-corrected chi connectivity index (χ2v) is 7.90. The van der Waals surface area contributed by atoms with Gasteiger partial charge in [-0.3, -0.25) is 14.9 Å². The minimum atomic E-state index is -0.448. The number of ether oxygens (including phenoxy) is 1. The lowest BCUT2D eigenvalue weighted by Crippen LogP contribution is -2.51. The number of nitro groups is 1. The lowest BCUT2D eigenvalue weighted by Gasteiger charge is -2.39. The van der Waals surface area contributed by atoms with Crippen molar-refractivity contribution in [1.82, 2.24) is 9.88 Å². The molecule has 2 aliphatic heterocycles. The Labute approximate surface area is 181 Å². The number of anilines is 2. The van der Waals surface area contributed by atoms with Crippen molar-refractivity contribution in [2.45, 2.75) is 12.8 Å². The van der Waals surface area contributed by atoms with Gasteiger partial charge in [0.05, 0.1) is 12.0 Å². The van der Waals surface area contributed by atoms with Crippen LogP contribution in [0.3, 0.4) is 0 Å². The second kappa shape index (κ2) is 9.20. The maximum absolute atomic E-state index is 13.0. The Morgan fingerprint density at radius 2 is 1.68 bits per heavy atom. The summed E-state index contributed by atoms with van der Waals surface area (Å²) in [6.07, 6.45) is 2.83. The van der Waals surface area contributed by atoms with Crippen molar-refractivity contribution in [1.29, 1.82) is 0 Å². The number of nitrogens with zero attached hydrogens (tertiary/aromatic N) is 5. The molecule has 0 radical (unpaired) electrons. The van der Waals surface area contributed by atoms with Crippen molar-refractivity contribution in [2.75, 3.05) is 56.2 Å². The Kier molecular flexibility index (Phi) is 6.20. The molecule has 1 aromatic heterocycles. The van der Waals surface area contributed by atoms with E-state index < -0.39 is 4.92 Å². The van der Waals surface area contributed by atoms with E-state index in [4.69, 9.17) is 4.74 Å². The van der Waals surface area contributed by atoms with E-state index in [0.29, 0.717) is 0 Å². The molecule has 4 rings (SSSR count). The molecule has 2 fully saturated rings. The second-order valence-electron chi connectivity index (χ2n) is 7.90. The van der Waals surface area contributed by atoms with E-state index in [1.54, 1.807) is 13.2 Å². The molecular weight excluding hydrogens is 398 g/mol. The number of hydrogen-bond donors (Lipinski definition) is 0. The van der Waals surface area contributed by atoms with Gasteiger partial charge < -0.3 is 19.4 Å². The SMILES string of the molecule is COc1ccc(N2CCN(C(=O)C3CCN(c4ccc([N+](=O)[O-])cn4)CC3)CC2)cc1. The van der Waals surface area contributed by atoms with Crippen molar-refractivity contribution < 1.29 is 14.5 Å². The standard InChI is InChI=1S/C22H27N5O4/c1-31-20-5-2-18(3-6-20)24-12-14-26(15-13-24)22(28)17-8-10-25(11-9-17)21-7-4-19(16-23-21)27(29)30/h2-7,16-17H,8-15H2,1H3. The summed E-state index contributed by atoms with van der Waals surface area (Å²) in [5.41, 5.74) is 1.14. The third-order valence-electron chi connectivity index (χ3n) is 6.14. The van der Waals surface area contributed by atoms with Gasteiger partial charge in [0.1, 0.15) is 17.8 Å². The molecule has 1 aromatic carbocycles. The topological polar surface area (TPSA) is 92.0 Å². The van der Waals surface area contributed by atoms with Crippen LogP contribution in [-0.2, 0) is 4.79 Å². The number of benzene rings is 1. The van der Waals surface area contributed by atoms with Crippen LogP contribution in [0.15, 0.2) is 42.6 Å². The van der Waals surface area contributed by atoms with Gasteiger partial charge in [0.25, 0.3) is 5.69 Å². The molecule has 9 heteroatoms. The molecule has 1 amide bonds. The first-order chi connectivity index (χ1) is 15.0. The molecule has 0 saturated carbocycles. The van der Waals surface area contributed by atoms with E-state index >= 15 is 0 Å². The first kappa shape index (κ1) is 20.9. The average molecular weight is 425 g/mol. The molecule has 9 nitrogen and oxygen atoms in total. The maximum atomic E-state index is 13.0. The van der Waals surface area contributed by atoms with Crippen molar-refractivity contribution in [3.8, 4) is 5.75 Å². The Morgan fingerprint density at radius 1 is 1.00 bits per heavy atom. The highest BCUT2D eigenvalue weighted by atomic mass is 16.6. The van der Waals surface area contributed by atoms with Crippen LogP contribution >= 0.6 is 0 Å². The van der Waals surface area contributed by atoms with Gasteiger partial charge in [0.2, 0.25) is 5.91 Å². The molecule has 0 aliphatic carbocycles. The maximum Gasteiger partial charge on any atom is 0.287 e. The van der Waals surface area contributed by atoms with E-state index in [1.165, 1.54) is 12.3 Å². The molecule has 0 unspecified atom stereocenters. The van der Waals surface area contributed by atoms with Crippen molar-refractivity contribution in [3.05, 3.63) is 52.7 Å². The molecule has 0 N–H and O–H groups in total. The van der Waals surface area contributed by atoms with E-state index in [2.05, 4.69) is 26.9 Å². The fraction of sp³-hybridized carbons (Fsp3) is 0.455. The summed E-state index contributed by atoms with van der Waals surface area (Å²) < 4.78 is 5.22. The Balaban J connectivity index is 1.26. The largest absolute Gasteiger partial charge is 0.497 e. The summed E-state index contributed by atoms with van der Waals surface area (Å²) in [6.45, 7) is 4.57. The number of amides is 1. The van der Waals surface area contributed by atoms with Crippen LogP contribution in [0.2, 0.25) is 0 Å². The number of piperidine rings is 1. The van der Waals surface area contributed by atoms with E-state index in [0.717, 1.165) is 69.4 Å². The van der Waals surface area contributed by atoms with E-state index in [1.807, 2.05) is 17.0 Å². The van der Waals surface area contributed by atoms with E-state index in [9.17, 15) is 14.9 Å². The summed E-state index contributed by atoms with van der Waals surface area (Å²) in [7, 11) is 1.66. The molecule has 2 saturated heterocycles. The lowest BCUT2D eigenvalue weighted by atomic mass is 9.95. The number of pyridine rings is 1. The van der Waals surface area contributed by atoms with Crippen molar-refractivity contribution >= 4 is 23.1 Å². The van der Waals surface area contributed by atoms with Crippen molar-refractivity contribution in [2.24, 2.45) is 5.92 Å². The van der Waals surface area contributed by atoms with Gasteiger partial charge in [-0.2, -0.15) is 0 Å². The fourth-order valence-electron chi connectivity index (χ4n) is 4.27. The molecule has 0 atom stereocenters. The third kappa shape index (κ3) is 4.70. The number of carbonyl (C=O) groups excluding carboxylic acids is 1. The number of carbonyl (C=O) groups is 1. The third-order valence-corrected chi connectivity index (χ3v) is 6.14. The van der Waals surface area contributed by atoms with E-state index in [-0.39, 0.29) is 17.5 Å². The van der Waals surface area contributed by atoms with Gasteiger partial charge >= 0.3 is 0 Å². The lowest BCUT2D eigenvalue weighted by molar-refractivity contribution is -0.385. The van der Waals surface area contributed by atoms with Gasteiger partial charge in [0, 0.05) is 56.9 Å². The number of aromatic nitrogens is 1. The number of piperazine rings is 1. The highest BCUT2D eigenvalue weighted by Crippen LogP contribution is 2.26. The molecule has 2 aliphatic rings. The van der Waals surface area contributed by atoms with Crippen LogP contribution in [0.1, 0.15) is 12.8 Å². The van der Waals surface area contributed by atoms with Gasteiger partial charge in [-0.15, -0.1) is 0 Å². The first-order valence-corrected chi connectivity index (χ1v) is 10.6. The zero-order chi connectivity index (χ0) is 21.8. The molecule has 3 heterocycles. The van der Waals surface area contributed by atoms with Crippen molar-refractivity contribution in [3.63, 3.8) is 0 Å². The van der Waals surface area contributed by atoms with Crippen LogP contribution in [-0.4, -0.2) is 67.1 Å². The summed E-state index contributed by atoms with van der Waals surface area (Å²) in [5, 5.41) is 10.8. The molecule has 164 valence electrons. The van der Waals surface area contributed by atoms with Crippen LogP contribution in [0.5, 0.6) is 5.75 Å². The number of hydrogen-bond acceptors (Lipinski definition) is 7. The first-order valence-electron chi connectivity index (χ1n) is 10.6. The zero-order valence-corrected chi connectivity index (χ0v) is 17.6. The van der Waals surface area contributed by atoms with Crippen LogP contribution in [0.4, 0.5) is 17.2 Å². The molecule has 0 bridgehead atoms. The number of rotatable bonds is 5. The molecular formula is C22H27N5O4. The quantitative estimate of drug-likeness (QED) is 0.537. The van der Waals surface area contributed by atoms with Gasteiger partial charge in [0.15, 0.2) is 0 Å². The zero-order valence-electron chi connectivity index (χ0n) is 17.6. The normalized spacial score (nSPS) is 17.5. The fourth-order valence-corrected chi connectivity index (χ4v) is 4.27. The highest BCUT2D eigenvalue weighted by molar-refractivity contribution is 5.79. The van der Waals surface area contributed by atoms with Gasteiger partial charge in [-0.25, -0.2) is 4.98 Å². The average Bonchev–Trinajstić information content (AvgIpc) is 2.84. The summed E-state index contributed by atoms with van der Waals surface area (Å²) >= 11 is 0. The summed E-state index contributed by atoms with van der Waals surface area (Å²) in [5.74, 6) is 1.84. The Hall–Kier alpha value is -3.36. The monoisotopic (exact) mass is 425 g/mol. The molecule has 2 aromatic rings. The van der Waals surface area contributed by atoms with Crippen LogP contribution in [0, 0.1) is 16.0 Å². The highest BCUT2D eigenvalue weighted by Gasteiger charge is 2.31. The minimum Gasteiger partial charge on any atom is -0.497 e. The predicted molar refractivity (Wildman–Crippen MR) is 118 cm³/mol. The Bertz CT molecular complexity index is 903. The minimum absolute atomic E-state index is 0.0115. The summed E-state index contributed by atoms with van der Waals surface area (Å²) in [4.78, 5) is 33.9. The molecule has 31 heavy (non-hydrogen) atoms. The van der Waals surface area contributed by atoms with Gasteiger partial charge in [-0.1, -0.05) is 0 Å². The van der Waals surface area contributed by atoms with Gasteiger partial charge in [-0.05, 0) is 43.2 Å². The molecule has 0 spiro atoms. The predicted octanol–water partition coefficient (Wildman–Crippen LogP) is 2.56.